The van der Waals surface area contributed by atoms with Gasteiger partial charge in [0.15, 0.2) is 5.16 Å². The average Bonchev–Trinajstić information content (AvgIpc) is 3.19. The summed E-state index contributed by atoms with van der Waals surface area (Å²) in [6.45, 7) is 7.76. The van der Waals surface area contributed by atoms with Gasteiger partial charge in [-0.25, -0.2) is 4.39 Å². The molecule has 2 aromatic carbocycles. The van der Waals surface area contributed by atoms with E-state index in [4.69, 9.17) is 4.74 Å². The van der Waals surface area contributed by atoms with Crippen LogP contribution in [0.15, 0.2) is 47.6 Å². The molecule has 1 aliphatic heterocycles. The molecule has 0 unspecified atom stereocenters. The standard InChI is InChI=1S/C25H29FN4O2S/c1-17-4-5-18(2)22(14-17)30-19(3)28-29-24(30)33-15-23(31)27-16-25(10-12-32-13-11-25)20-6-8-21(26)9-7-20/h4-9,14H,10-13,15-16H2,1-3H3,(H,27,31). The van der Waals surface area contributed by atoms with Gasteiger partial charge in [-0.3, -0.25) is 9.36 Å². The monoisotopic (exact) mass is 468 g/mol. The van der Waals surface area contributed by atoms with Crippen LogP contribution >= 0.6 is 11.8 Å². The lowest BCUT2D eigenvalue weighted by molar-refractivity contribution is -0.119. The molecule has 1 aliphatic rings. The zero-order valence-electron chi connectivity index (χ0n) is 19.2. The maximum absolute atomic E-state index is 13.4. The Morgan fingerprint density at radius 3 is 2.58 bits per heavy atom. The van der Waals surface area contributed by atoms with Gasteiger partial charge in [-0.05, 0) is 68.5 Å². The summed E-state index contributed by atoms with van der Waals surface area (Å²) in [4.78, 5) is 12.8. The molecule has 2 heterocycles. The van der Waals surface area contributed by atoms with Crippen molar-refractivity contribution in [2.45, 2.75) is 44.2 Å². The van der Waals surface area contributed by atoms with E-state index in [-0.39, 0.29) is 22.9 Å². The van der Waals surface area contributed by atoms with Crippen LogP contribution in [0.5, 0.6) is 0 Å². The van der Waals surface area contributed by atoms with Crippen LogP contribution in [-0.4, -0.2) is 46.2 Å². The van der Waals surface area contributed by atoms with Gasteiger partial charge in [0, 0.05) is 25.2 Å². The highest BCUT2D eigenvalue weighted by Gasteiger charge is 2.35. The van der Waals surface area contributed by atoms with E-state index >= 15 is 0 Å². The van der Waals surface area contributed by atoms with E-state index in [9.17, 15) is 9.18 Å². The summed E-state index contributed by atoms with van der Waals surface area (Å²) in [5.74, 6) is 0.689. The minimum Gasteiger partial charge on any atom is -0.381 e. The lowest BCUT2D eigenvalue weighted by atomic mass is 9.74. The van der Waals surface area contributed by atoms with Gasteiger partial charge in [-0.2, -0.15) is 0 Å². The Hall–Kier alpha value is -2.71. The quantitative estimate of drug-likeness (QED) is 0.524. The molecule has 3 aromatic rings. The first kappa shape index (κ1) is 23.4. The Bertz CT molecular complexity index is 1120. The van der Waals surface area contributed by atoms with Gasteiger partial charge in [0.05, 0.1) is 11.4 Å². The van der Waals surface area contributed by atoms with E-state index < -0.39 is 0 Å². The summed E-state index contributed by atoms with van der Waals surface area (Å²) in [5.41, 5.74) is 4.08. The molecule has 1 aromatic heterocycles. The van der Waals surface area contributed by atoms with Crippen molar-refractivity contribution >= 4 is 17.7 Å². The van der Waals surface area contributed by atoms with Gasteiger partial charge in [0.1, 0.15) is 11.6 Å². The fourth-order valence-electron chi connectivity index (χ4n) is 4.26. The van der Waals surface area contributed by atoms with Crippen LogP contribution in [0.1, 0.15) is 35.4 Å². The highest BCUT2D eigenvalue weighted by Crippen LogP contribution is 2.34. The summed E-state index contributed by atoms with van der Waals surface area (Å²) in [7, 11) is 0. The lowest BCUT2D eigenvalue weighted by Crippen LogP contribution is -2.45. The van der Waals surface area contributed by atoms with Crippen molar-refractivity contribution in [1.82, 2.24) is 20.1 Å². The molecular formula is C25H29FN4O2S. The molecule has 0 aliphatic carbocycles. The molecule has 33 heavy (non-hydrogen) atoms. The first-order valence-corrected chi connectivity index (χ1v) is 12.1. The van der Waals surface area contributed by atoms with E-state index in [0.29, 0.717) is 24.9 Å². The molecule has 0 spiro atoms. The Balaban J connectivity index is 1.44. The van der Waals surface area contributed by atoms with Crippen LogP contribution in [0, 0.1) is 26.6 Å². The highest BCUT2D eigenvalue weighted by atomic mass is 32.2. The van der Waals surface area contributed by atoms with E-state index in [2.05, 4.69) is 47.6 Å². The number of aromatic nitrogens is 3. The molecule has 0 radical (unpaired) electrons. The van der Waals surface area contributed by atoms with Gasteiger partial charge in [-0.1, -0.05) is 36.0 Å². The topological polar surface area (TPSA) is 69.0 Å². The first-order valence-electron chi connectivity index (χ1n) is 11.1. The molecule has 1 fully saturated rings. The van der Waals surface area contributed by atoms with Crippen molar-refractivity contribution in [2.24, 2.45) is 0 Å². The molecule has 1 saturated heterocycles. The third-order valence-corrected chi connectivity index (χ3v) is 7.19. The summed E-state index contributed by atoms with van der Waals surface area (Å²) >= 11 is 1.37. The smallest absolute Gasteiger partial charge is 0.230 e. The number of halogens is 1. The number of thioether (sulfide) groups is 1. The van der Waals surface area contributed by atoms with Crippen LogP contribution in [0.4, 0.5) is 4.39 Å². The van der Waals surface area contributed by atoms with Crippen molar-refractivity contribution in [1.29, 1.82) is 0 Å². The zero-order valence-corrected chi connectivity index (χ0v) is 20.0. The van der Waals surface area contributed by atoms with Crippen LogP contribution < -0.4 is 5.32 Å². The van der Waals surface area contributed by atoms with E-state index in [1.54, 1.807) is 0 Å². The third kappa shape index (κ3) is 5.28. The van der Waals surface area contributed by atoms with Crippen LogP contribution in [0.2, 0.25) is 0 Å². The summed E-state index contributed by atoms with van der Waals surface area (Å²) in [6, 6.07) is 12.8. The average molecular weight is 469 g/mol. The summed E-state index contributed by atoms with van der Waals surface area (Å²) in [6.07, 6.45) is 1.57. The number of rotatable bonds is 7. The van der Waals surface area contributed by atoms with Crippen molar-refractivity contribution in [2.75, 3.05) is 25.5 Å². The van der Waals surface area contributed by atoms with Crippen molar-refractivity contribution in [3.05, 3.63) is 70.8 Å². The molecule has 0 atom stereocenters. The minimum atomic E-state index is -0.260. The number of nitrogens with one attached hydrogen (secondary N) is 1. The van der Waals surface area contributed by atoms with Crippen molar-refractivity contribution in [3.8, 4) is 5.69 Å². The second kappa shape index (κ2) is 10.1. The number of aryl methyl sites for hydroxylation is 3. The van der Waals surface area contributed by atoms with Gasteiger partial charge in [0.2, 0.25) is 5.91 Å². The number of benzene rings is 2. The fourth-order valence-corrected chi connectivity index (χ4v) is 5.08. The predicted octanol–water partition coefficient (Wildman–Crippen LogP) is 4.29. The number of carbonyl (C=O) groups excluding carboxylic acids is 1. The lowest BCUT2D eigenvalue weighted by Gasteiger charge is -2.38. The molecule has 1 amide bonds. The second-order valence-electron chi connectivity index (χ2n) is 8.62. The Kier molecular flexibility index (Phi) is 7.14. The van der Waals surface area contributed by atoms with Gasteiger partial charge in [-0.15, -0.1) is 10.2 Å². The van der Waals surface area contributed by atoms with E-state index in [0.717, 1.165) is 41.0 Å². The molecule has 4 rings (SSSR count). The molecule has 174 valence electrons. The Labute approximate surface area is 197 Å². The maximum atomic E-state index is 13.4. The van der Waals surface area contributed by atoms with Crippen LogP contribution in [0.25, 0.3) is 5.69 Å². The van der Waals surface area contributed by atoms with E-state index in [1.165, 1.54) is 23.9 Å². The zero-order chi connectivity index (χ0) is 23.4. The number of hydrogen-bond acceptors (Lipinski definition) is 5. The summed E-state index contributed by atoms with van der Waals surface area (Å²) < 4.78 is 21.0. The molecule has 0 bridgehead atoms. The van der Waals surface area contributed by atoms with Crippen molar-refractivity contribution in [3.63, 3.8) is 0 Å². The van der Waals surface area contributed by atoms with E-state index in [1.807, 2.05) is 23.6 Å². The number of ether oxygens (including phenoxy) is 1. The largest absolute Gasteiger partial charge is 0.381 e. The first-order chi connectivity index (χ1) is 15.9. The Morgan fingerprint density at radius 1 is 1.12 bits per heavy atom. The number of amides is 1. The molecule has 6 nitrogen and oxygen atoms in total. The molecular weight excluding hydrogens is 439 g/mol. The minimum absolute atomic E-state index is 0.0684. The third-order valence-electron chi connectivity index (χ3n) is 6.26. The van der Waals surface area contributed by atoms with Crippen LogP contribution in [0.3, 0.4) is 0 Å². The molecule has 8 heteroatoms. The maximum Gasteiger partial charge on any atom is 0.230 e. The normalized spacial score (nSPS) is 15.4. The molecule has 1 N–H and O–H groups in total. The number of nitrogens with zero attached hydrogens (tertiary/aromatic N) is 3. The number of carbonyl (C=O) groups is 1. The van der Waals surface area contributed by atoms with Crippen LogP contribution in [-0.2, 0) is 14.9 Å². The predicted molar refractivity (Wildman–Crippen MR) is 127 cm³/mol. The summed E-state index contributed by atoms with van der Waals surface area (Å²) in [5, 5.41) is 12.3. The van der Waals surface area contributed by atoms with Gasteiger partial charge >= 0.3 is 0 Å². The highest BCUT2D eigenvalue weighted by molar-refractivity contribution is 7.99. The SMILES string of the molecule is Cc1ccc(C)c(-n2c(C)nnc2SCC(=O)NCC2(c3ccc(F)cc3)CCOCC2)c1. The van der Waals surface area contributed by atoms with Gasteiger partial charge in [0.25, 0.3) is 0 Å². The molecule has 0 saturated carbocycles. The number of hydrogen-bond donors (Lipinski definition) is 1. The fraction of sp³-hybridized carbons (Fsp3) is 0.400. The van der Waals surface area contributed by atoms with Gasteiger partial charge < -0.3 is 10.1 Å². The van der Waals surface area contributed by atoms with Crippen molar-refractivity contribution < 1.29 is 13.9 Å². The second-order valence-corrected chi connectivity index (χ2v) is 9.56. The Morgan fingerprint density at radius 2 is 1.85 bits per heavy atom.